The standard InChI is InChI=1S/C14H12O6/c15-11-7-1-5-2-9-10(14(18)20-13(9)17)4-6(5)3-8(7)12(16)19-11/h7-10H,1-4H2/t7-,8+,9-,10+. The minimum absolute atomic E-state index is 0.411. The van der Waals surface area contributed by atoms with Crippen LogP contribution in [0.25, 0.3) is 0 Å². The van der Waals surface area contributed by atoms with Gasteiger partial charge in [-0.25, -0.2) is 0 Å². The van der Waals surface area contributed by atoms with E-state index in [1.807, 2.05) is 0 Å². The third-order valence-electron chi connectivity index (χ3n) is 4.95. The zero-order chi connectivity index (χ0) is 14.0. The van der Waals surface area contributed by atoms with Crippen molar-refractivity contribution in [1.29, 1.82) is 0 Å². The number of fused-ring (bicyclic) bond motifs is 2. The first kappa shape index (κ1) is 11.8. The molecule has 20 heavy (non-hydrogen) atoms. The van der Waals surface area contributed by atoms with Crippen molar-refractivity contribution in [2.75, 3.05) is 0 Å². The van der Waals surface area contributed by atoms with Gasteiger partial charge in [-0.2, -0.15) is 0 Å². The first-order valence-corrected chi connectivity index (χ1v) is 6.75. The van der Waals surface area contributed by atoms with Crippen LogP contribution < -0.4 is 0 Å². The maximum absolute atomic E-state index is 11.6. The van der Waals surface area contributed by atoms with Crippen LogP contribution in [0, 0.1) is 23.7 Å². The maximum Gasteiger partial charge on any atom is 0.317 e. The fourth-order valence-corrected chi connectivity index (χ4v) is 3.87. The van der Waals surface area contributed by atoms with Crippen LogP contribution in [0.5, 0.6) is 0 Å². The Balaban J connectivity index is 1.66. The number of allylic oxidation sites excluding steroid dienone is 2. The van der Waals surface area contributed by atoms with Crippen molar-refractivity contribution in [1.82, 2.24) is 0 Å². The van der Waals surface area contributed by atoms with Crippen LogP contribution in [-0.4, -0.2) is 23.9 Å². The van der Waals surface area contributed by atoms with E-state index in [0.29, 0.717) is 25.7 Å². The lowest BCUT2D eigenvalue weighted by Gasteiger charge is -2.32. The molecule has 0 aromatic carbocycles. The van der Waals surface area contributed by atoms with Crippen LogP contribution in [0.4, 0.5) is 0 Å². The van der Waals surface area contributed by atoms with Crippen molar-refractivity contribution in [2.24, 2.45) is 23.7 Å². The summed E-state index contributed by atoms with van der Waals surface area (Å²) >= 11 is 0. The Kier molecular flexibility index (Phi) is 2.23. The highest BCUT2D eigenvalue weighted by atomic mass is 16.6. The van der Waals surface area contributed by atoms with E-state index >= 15 is 0 Å². The summed E-state index contributed by atoms with van der Waals surface area (Å²) in [5.74, 6) is -3.48. The molecule has 0 radical (unpaired) electrons. The molecule has 0 saturated carbocycles. The Morgan fingerprint density at radius 2 is 0.800 bits per heavy atom. The molecule has 0 unspecified atom stereocenters. The molecule has 6 nitrogen and oxygen atoms in total. The zero-order valence-electron chi connectivity index (χ0n) is 10.6. The van der Waals surface area contributed by atoms with Crippen LogP contribution in [0.2, 0.25) is 0 Å². The van der Waals surface area contributed by atoms with E-state index < -0.39 is 47.5 Å². The largest absolute Gasteiger partial charge is 0.393 e. The first-order chi connectivity index (χ1) is 9.54. The summed E-state index contributed by atoms with van der Waals surface area (Å²) in [6, 6.07) is 0. The van der Waals surface area contributed by atoms with Gasteiger partial charge in [0, 0.05) is 0 Å². The molecule has 2 aliphatic heterocycles. The molecule has 0 bridgehead atoms. The topological polar surface area (TPSA) is 86.7 Å². The molecule has 0 aromatic rings. The molecule has 2 aliphatic carbocycles. The Morgan fingerprint density at radius 3 is 1.05 bits per heavy atom. The average Bonchev–Trinajstić information content (AvgIpc) is 2.84. The summed E-state index contributed by atoms with van der Waals surface area (Å²) in [5, 5.41) is 0. The molecule has 4 atom stereocenters. The lowest BCUT2D eigenvalue weighted by atomic mass is 9.67. The maximum atomic E-state index is 11.6. The highest BCUT2D eigenvalue weighted by molar-refractivity contribution is 5.98. The fraction of sp³-hybridized carbons (Fsp3) is 0.571. The van der Waals surface area contributed by atoms with Crippen molar-refractivity contribution >= 4 is 23.9 Å². The minimum atomic E-state index is -0.459. The van der Waals surface area contributed by atoms with Gasteiger partial charge in [-0.15, -0.1) is 0 Å². The molecule has 4 rings (SSSR count). The Morgan fingerprint density at radius 1 is 0.550 bits per heavy atom. The van der Waals surface area contributed by atoms with Crippen LogP contribution in [0.3, 0.4) is 0 Å². The van der Waals surface area contributed by atoms with Gasteiger partial charge in [-0.3, -0.25) is 19.2 Å². The Hall–Kier alpha value is -1.98. The molecule has 4 aliphatic rings. The summed E-state index contributed by atoms with van der Waals surface area (Å²) in [4.78, 5) is 46.5. The number of cyclic esters (lactones) is 4. The number of esters is 4. The summed E-state index contributed by atoms with van der Waals surface area (Å²) in [5.41, 5.74) is 2.07. The van der Waals surface area contributed by atoms with E-state index in [1.165, 1.54) is 0 Å². The molecule has 2 heterocycles. The van der Waals surface area contributed by atoms with E-state index in [0.717, 1.165) is 11.1 Å². The molecule has 0 aromatic heterocycles. The van der Waals surface area contributed by atoms with Crippen LogP contribution in [-0.2, 0) is 28.7 Å². The van der Waals surface area contributed by atoms with Crippen LogP contribution in [0.1, 0.15) is 25.7 Å². The third-order valence-corrected chi connectivity index (χ3v) is 4.95. The second-order valence-corrected chi connectivity index (χ2v) is 5.93. The first-order valence-electron chi connectivity index (χ1n) is 6.75. The zero-order valence-corrected chi connectivity index (χ0v) is 10.6. The monoisotopic (exact) mass is 276 g/mol. The molecule has 2 fully saturated rings. The summed E-state index contributed by atoms with van der Waals surface area (Å²) < 4.78 is 9.37. The number of hydrogen-bond acceptors (Lipinski definition) is 6. The molecular formula is C14H12O6. The molecule has 0 amide bonds. The van der Waals surface area contributed by atoms with Crippen molar-refractivity contribution in [2.45, 2.75) is 25.7 Å². The van der Waals surface area contributed by atoms with Gasteiger partial charge >= 0.3 is 23.9 Å². The molecule has 0 spiro atoms. The van der Waals surface area contributed by atoms with Crippen molar-refractivity contribution in [3.63, 3.8) is 0 Å². The number of rotatable bonds is 0. The van der Waals surface area contributed by atoms with Gasteiger partial charge < -0.3 is 9.47 Å². The van der Waals surface area contributed by atoms with E-state index in [1.54, 1.807) is 0 Å². The fourth-order valence-electron chi connectivity index (χ4n) is 3.87. The molecule has 104 valence electrons. The van der Waals surface area contributed by atoms with Crippen LogP contribution >= 0.6 is 0 Å². The van der Waals surface area contributed by atoms with Gasteiger partial charge in [-0.05, 0) is 25.7 Å². The number of carbonyl (C=O) groups is 4. The van der Waals surface area contributed by atoms with E-state index in [2.05, 4.69) is 9.47 Å². The van der Waals surface area contributed by atoms with Crippen molar-refractivity contribution in [3.05, 3.63) is 11.1 Å². The van der Waals surface area contributed by atoms with E-state index in [9.17, 15) is 19.2 Å². The Bertz CT molecular complexity index is 501. The van der Waals surface area contributed by atoms with E-state index in [4.69, 9.17) is 0 Å². The smallest absolute Gasteiger partial charge is 0.317 e. The number of ether oxygens (including phenoxy) is 2. The van der Waals surface area contributed by atoms with Crippen molar-refractivity contribution in [3.8, 4) is 0 Å². The van der Waals surface area contributed by atoms with Gasteiger partial charge in [0.2, 0.25) is 0 Å². The summed E-state index contributed by atoms with van der Waals surface area (Å²) in [7, 11) is 0. The lowest BCUT2D eigenvalue weighted by Crippen LogP contribution is -2.31. The van der Waals surface area contributed by atoms with E-state index in [-0.39, 0.29) is 0 Å². The quantitative estimate of drug-likeness (QED) is 0.364. The summed E-state index contributed by atoms with van der Waals surface area (Å²) in [6.45, 7) is 0. The molecule has 6 heteroatoms. The van der Waals surface area contributed by atoms with Gasteiger partial charge in [0.15, 0.2) is 0 Å². The van der Waals surface area contributed by atoms with Crippen molar-refractivity contribution < 1.29 is 28.7 Å². The number of carbonyl (C=O) groups excluding carboxylic acids is 4. The lowest BCUT2D eigenvalue weighted by molar-refractivity contribution is -0.155. The van der Waals surface area contributed by atoms with Crippen LogP contribution in [0.15, 0.2) is 11.1 Å². The highest BCUT2D eigenvalue weighted by Gasteiger charge is 2.53. The predicted molar refractivity (Wildman–Crippen MR) is 61.7 cm³/mol. The Labute approximate surface area is 114 Å². The van der Waals surface area contributed by atoms with Gasteiger partial charge in [0.05, 0.1) is 23.7 Å². The SMILES string of the molecule is O=C1OC(=O)[C@@H]2CC3=C(C[C@H]12)C[C@@H]1C(=O)OC(=O)[C@@H]1C3. The molecule has 2 saturated heterocycles. The summed E-state index contributed by atoms with van der Waals surface area (Å²) in [6.07, 6.45) is 1.87. The average molecular weight is 276 g/mol. The third kappa shape index (κ3) is 1.44. The minimum Gasteiger partial charge on any atom is -0.393 e. The molecule has 0 N–H and O–H groups in total. The second-order valence-electron chi connectivity index (χ2n) is 5.93. The van der Waals surface area contributed by atoms with Gasteiger partial charge in [0.25, 0.3) is 0 Å². The number of hydrogen-bond donors (Lipinski definition) is 0. The second kappa shape index (κ2) is 3.77. The normalized spacial score (nSPS) is 39.2. The predicted octanol–water partition coefficient (Wildman–Crippen LogP) is 0.502. The van der Waals surface area contributed by atoms with Gasteiger partial charge in [0.1, 0.15) is 0 Å². The molecular weight excluding hydrogens is 264 g/mol. The van der Waals surface area contributed by atoms with Gasteiger partial charge in [-0.1, -0.05) is 11.1 Å². The highest BCUT2D eigenvalue weighted by Crippen LogP contribution is 2.49.